The molecule has 3 aromatic carbocycles. The number of carbonyl (C=O) groups excluding carboxylic acids is 4. The highest BCUT2D eigenvalue weighted by Gasteiger charge is 2.36. The van der Waals surface area contributed by atoms with Gasteiger partial charge in [-0.1, -0.05) is 66.0 Å². The van der Waals surface area contributed by atoms with E-state index >= 15 is 0 Å². The zero-order chi connectivity index (χ0) is 30.7. The van der Waals surface area contributed by atoms with Gasteiger partial charge in [-0.15, -0.1) is 0 Å². The molecule has 0 radical (unpaired) electrons. The summed E-state index contributed by atoms with van der Waals surface area (Å²) in [6, 6.07) is 17.4. The predicted octanol–water partition coefficient (Wildman–Crippen LogP) is 7.89. The number of carbonyl (C=O) groups is 4. The summed E-state index contributed by atoms with van der Waals surface area (Å²) in [6.45, 7) is 2.06. The number of thioether (sulfide) groups is 1. The molecule has 0 saturated carbocycles. The van der Waals surface area contributed by atoms with Gasteiger partial charge < -0.3 is 14.6 Å². The standard InChI is InChI=1S/C31H24Cl3N3O5S/c1-2-11-42-30(40)23-14-21(9-10-24(23)33)35-28(38)17-37-29(39)27(43-31(37)41)12-19-16-36(26-6-4-3-5-22(19)26)15-18-7-8-20(32)13-25(18)34/h3-10,12-14,16H,2,11,15,17H2,1H3,(H,35,38)/b27-12+. The number of nitrogens with one attached hydrogen (secondary N) is 1. The average molecular weight is 657 g/mol. The van der Waals surface area contributed by atoms with E-state index in [0.717, 1.165) is 38.7 Å². The number of benzene rings is 3. The average Bonchev–Trinajstić information content (AvgIpc) is 3.45. The smallest absolute Gasteiger partial charge is 0.339 e. The molecule has 0 aliphatic carbocycles. The van der Waals surface area contributed by atoms with Crippen LogP contribution < -0.4 is 5.32 Å². The second kappa shape index (κ2) is 13.3. The van der Waals surface area contributed by atoms with Crippen molar-refractivity contribution in [1.29, 1.82) is 0 Å². The Hall–Kier alpha value is -3.76. The van der Waals surface area contributed by atoms with Crippen LogP contribution in [0.2, 0.25) is 15.1 Å². The molecule has 3 amide bonds. The molecule has 43 heavy (non-hydrogen) atoms. The van der Waals surface area contributed by atoms with E-state index in [1.54, 1.807) is 18.2 Å². The van der Waals surface area contributed by atoms with E-state index in [4.69, 9.17) is 39.5 Å². The normalized spacial score (nSPS) is 14.1. The Balaban J connectivity index is 1.32. The van der Waals surface area contributed by atoms with Crippen molar-refractivity contribution >= 4 is 92.3 Å². The Morgan fingerprint density at radius 1 is 1.00 bits per heavy atom. The van der Waals surface area contributed by atoms with Gasteiger partial charge in [0.05, 0.1) is 22.1 Å². The number of rotatable bonds is 9. The molecule has 220 valence electrons. The van der Waals surface area contributed by atoms with Crippen LogP contribution in [0.3, 0.4) is 0 Å². The van der Waals surface area contributed by atoms with Gasteiger partial charge in [0, 0.05) is 44.9 Å². The van der Waals surface area contributed by atoms with E-state index in [-0.39, 0.29) is 27.8 Å². The zero-order valence-corrected chi connectivity index (χ0v) is 25.8. The number of aromatic nitrogens is 1. The van der Waals surface area contributed by atoms with Crippen molar-refractivity contribution in [1.82, 2.24) is 9.47 Å². The van der Waals surface area contributed by atoms with Crippen molar-refractivity contribution in [2.24, 2.45) is 0 Å². The molecular weight excluding hydrogens is 633 g/mol. The number of anilines is 1. The molecule has 0 atom stereocenters. The molecule has 2 heterocycles. The molecule has 1 N–H and O–H groups in total. The number of esters is 1. The van der Waals surface area contributed by atoms with Crippen molar-refractivity contribution < 1.29 is 23.9 Å². The van der Waals surface area contributed by atoms with E-state index < -0.39 is 29.6 Å². The molecule has 4 aromatic rings. The number of nitrogens with zero attached hydrogens (tertiary/aromatic N) is 2. The SMILES string of the molecule is CCCOC(=O)c1cc(NC(=O)CN2C(=O)S/C(=C/c3cn(Cc4ccc(Cl)cc4Cl)c4ccccc34)C2=O)ccc1Cl. The number of hydrogen-bond acceptors (Lipinski definition) is 6. The minimum atomic E-state index is -0.616. The topological polar surface area (TPSA) is 97.7 Å². The highest BCUT2D eigenvalue weighted by atomic mass is 35.5. The van der Waals surface area contributed by atoms with E-state index in [2.05, 4.69) is 5.32 Å². The lowest BCUT2D eigenvalue weighted by Crippen LogP contribution is -2.36. The van der Waals surface area contributed by atoms with E-state index in [1.165, 1.54) is 18.2 Å². The highest BCUT2D eigenvalue weighted by Crippen LogP contribution is 2.35. The molecule has 0 spiro atoms. The third kappa shape index (κ3) is 6.91. The summed E-state index contributed by atoms with van der Waals surface area (Å²) in [5, 5.41) is 4.18. The first-order valence-electron chi connectivity index (χ1n) is 13.2. The lowest BCUT2D eigenvalue weighted by Gasteiger charge is -2.13. The summed E-state index contributed by atoms with van der Waals surface area (Å²) in [5.74, 6) is -1.81. The molecule has 12 heteroatoms. The molecule has 1 fully saturated rings. The number of para-hydroxylation sites is 1. The first-order valence-corrected chi connectivity index (χ1v) is 15.1. The summed E-state index contributed by atoms with van der Waals surface area (Å²) in [4.78, 5) is 52.2. The second-order valence-electron chi connectivity index (χ2n) is 9.61. The Morgan fingerprint density at radius 2 is 1.79 bits per heavy atom. The van der Waals surface area contributed by atoms with Gasteiger partial charge in [-0.25, -0.2) is 4.79 Å². The van der Waals surface area contributed by atoms with Crippen LogP contribution >= 0.6 is 46.6 Å². The van der Waals surface area contributed by atoms with Gasteiger partial charge in [0.15, 0.2) is 0 Å². The highest BCUT2D eigenvalue weighted by molar-refractivity contribution is 8.18. The minimum absolute atomic E-state index is 0.0968. The number of halogens is 3. The fraction of sp³-hybridized carbons (Fsp3) is 0.161. The Bertz CT molecular complexity index is 1800. The van der Waals surface area contributed by atoms with Gasteiger partial charge >= 0.3 is 5.97 Å². The maximum absolute atomic E-state index is 13.2. The van der Waals surface area contributed by atoms with Crippen LogP contribution in [0.25, 0.3) is 17.0 Å². The second-order valence-corrected chi connectivity index (χ2v) is 11.9. The van der Waals surface area contributed by atoms with Crippen molar-refractivity contribution in [3.8, 4) is 0 Å². The first kappa shape index (κ1) is 30.7. The molecule has 8 nitrogen and oxygen atoms in total. The molecular formula is C31H24Cl3N3O5S. The summed E-state index contributed by atoms with van der Waals surface area (Å²) in [7, 11) is 0. The van der Waals surface area contributed by atoms with Gasteiger partial charge in [0.1, 0.15) is 6.54 Å². The van der Waals surface area contributed by atoms with Crippen LogP contribution in [0.1, 0.15) is 34.8 Å². The predicted molar refractivity (Wildman–Crippen MR) is 171 cm³/mol. The van der Waals surface area contributed by atoms with Gasteiger partial charge in [0.25, 0.3) is 11.1 Å². The minimum Gasteiger partial charge on any atom is -0.462 e. The lowest BCUT2D eigenvalue weighted by molar-refractivity contribution is -0.127. The van der Waals surface area contributed by atoms with Gasteiger partial charge in [-0.3, -0.25) is 19.3 Å². The summed E-state index contributed by atoms with van der Waals surface area (Å²) in [6.07, 6.45) is 4.19. The van der Waals surface area contributed by atoms with E-state index in [0.29, 0.717) is 23.0 Å². The summed E-state index contributed by atoms with van der Waals surface area (Å²) < 4.78 is 7.13. The van der Waals surface area contributed by atoms with Crippen LogP contribution in [-0.2, 0) is 20.9 Å². The number of hydrogen-bond donors (Lipinski definition) is 1. The number of fused-ring (bicyclic) bond motifs is 1. The van der Waals surface area contributed by atoms with Crippen molar-refractivity contribution in [2.45, 2.75) is 19.9 Å². The van der Waals surface area contributed by atoms with Crippen LogP contribution in [0, 0.1) is 0 Å². The van der Waals surface area contributed by atoms with Crippen molar-refractivity contribution in [3.63, 3.8) is 0 Å². The third-order valence-electron chi connectivity index (χ3n) is 6.54. The van der Waals surface area contributed by atoms with Crippen LogP contribution in [0.5, 0.6) is 0 Å². The van der Waals surface area contributed by atoms with Gasteiger partial charge in [-0.05, 0) is 66.2 Å². The Morgan fingerprint density at radius 3 is 2.56 bits per heavy atom. The number of amides is 3. The lowest BCUT2D eigenvalue weighted by atomic mass is 10.1. The number of ether oxygens (including phenoxy) is 1. The molecule has 5 rings (SSSR count). The number of imide groups is 1. The van der Waals surface area contributed by atoms with Crippen LogP contribution in [-0.4, -0.2) is 45.6 Å². The molecule has 1 aliphatic heterocycles. The fourth-order valence-corrected chi connectivity index (χ4v) is 6.00. The van der Waals surface area contributed by atoms with E-state index in [1.807, 2.05) is 48.0 Å². The van der Waals surface area contributed by atoms with Crippen LogP contribution in [0.4, 0.5) is 10.5 Å². The monoisotopic (exact) mass is 655 g/mol. The van der Waals surface area contributed by atoms with Crippen LogP contribution in [0.15, 0.2) is 71.8 Å². The maximum atomic E-state index is 13.2. The van der Waals surface area contributed by atoms with Gasteiger partial charge in [-0.2, -0.15) is 0 Å². The van der Waals surface area contributed by atoms with E-state index in [9.17, 15) is 19.2 Å². The molecule has 0 unspecified atom stereocenters. The third-order valence-corrected chi connectivity index (χ3v) is 8.37. The van der Waals surface area contributed by atoms with Crippen molar-refractivity contribution in [3.05, 3.63) is 104 Å². The summed E-state index contributed by atoms with van der Waals surface area (Å²) >= 11 is 19.3. The maximum Gasteiger partial charge on any atom is 0.339 e. The Kier molecular flexibility index (Phi) is 9.46. The largest absolute Gasteiger partial charge is 0.462 e. The molecule has 1 saturated heterocycles. The zero-order valence-electron chi connectivity index (χ0n) is 22.7. The first-order chi connectivity index (χ1) is 20.6. The quantitative estimate of drug-likeness (QED) is 0.145. The Labute approximate surface area is 266 Å². The molecule has 0 bridgehead atoms. The fourth-order valence-electron chi connectivity index (χ4n) is 4.51. The van der Waals surface area contributed by atoms with Crippen molar-refractivity contribution in [2.75, 3.05) is 18.5 Å². The van der Waals surface area contributed by atoms with Gasteiger partial charge in [0.2, 0.25) is 5.91 Å². The molecule has 1 aromatic heterocycles. The summed E-state index contributed by atoms with van der Waals surface area (Å²) in [5.41, 5.74) is 2.89. The molecule has 1 aliphatic rings.